The van der Waals surface area contributed by atoms with E-state index in [2.05, 4.69) is 10.1 Å². The van der Waals surface area contributed by atoms with Crippen molar-refractivity contribution < 1.29 is 14.4 Å². The molecule has 1 heterocycles. The maximum atomic E-state index is 10.2. The Balaban J connectivity index is 2.13. The third-order valence-corrected chi connectivity index (χ3v) is 4.33. The fourth-order valence-corrected chi connectivity index (χ4v) is 2.83. The van der Waals surface area contributed by atoms with Gasteiger partial charge in [0.2, 0.25) is 11.7 Å². The highest BCUT2D eigenvalue weighted by molar-refractivity contribution is 5.04. The molecule has 1 N–H and O–H groups in total. The SMILES string of the molecule is CCOC1(c2noc(CC(O)C(C)(C)C)n2)CCCCC1. The van der Waals surface area contributed by atoms with Crippen LogP contribution in [0.3, 0.4) is 0 Å². The second-order valence-electron chi connectivity index (χ2n) is 7.09. The summed E-state index contributed by atoms with van der Waals surface area (Å²) in [6.07, 6.45) is 5.29. The molecule has 1 aliphatic rings. The summed E-state index contributed by atoms with van der Waals surface area (Å²) in [5, 5.41) is 14.3. The maximum Gasteiger partial charge on any atom is 0.229 e. The van der Waals surface area contributed by atoms with Crippen LogP contribution < -0.4 is 0 Å². The van der Waals surface area contributed by atoms with Gasteiger partial charge in [-0.3, -0.25) is 0 Å². The first-order valence-corrected chi connectivity index (χ1v) is 8.02. The minimum Gasteiger partial charge on any atom is -0.392 e. The fourth-order valence-electron chi connectivity index (χ4n) is 2.83. The van der Waals surface area contributed by atoms with E-state index in [1.54, 1.807) is 0 Å². The molecule has 1 aliphatic carbocycles. The summed E-state index contributed by atoms with van der Waals surface area (Å²) in [6.45, 7) is 8.64. The van der Waals surface area contributed by atoms with Crippen LogP contribution in [0.5, 0.6) is 0 Å². The van der Waals surface area contributed by atoms with E-state index in [0.717, 1.165) is 25.7 Å². The lowest BCUT2D eigenvalue weighted by Gasteiger charge is -2.33. The number of rotatable bonds is 5. The highest BCUT2D eigenvalue weighted by atomic mass is 16.5. The van der Waals surface area contributed by atoms with E-state index in [0.29, 0.717) is 24.7 Å². The first-order chi connectivity index (χ1) is 9.87. The van der Waals surface area contributed by atoms with Crippen molar-refractivity contribution >= 4 is 0 Å². The molecule has 0 bridgehead atoms. The van der Waals surface area contributed by atoms with E-state index in [1.165, 1.54) is 6.42 Å². The van der Waals surface area contributed by atoms with Crippen molar-refractivity contribution in [2.24, 2.45) is 5.41 Å². The second-order valence-corrected chi connectivity index (χ2v) is 7.09. The molecule has 0 spiro atoms. The molecule has 1 aromatic heterocycles. The second kappa shape index (κ2) is 6.44. The van der Waals surface area contributed by atoms with Crippen molar-refractivity contribution in [1.29, 1.82) is 0 Å². The monoisotopic (exact) mass is 296 g/mol. The Kier molecular flexibility index (Phi) is 5.04. The predicted octanol–water partition coefficient (Wildman–Crippen LogP) is 3.22. The summed E-state index contributed by atoms with van der Waals surface area (Å²) >= 11 is 0. The third kappa shape index (κ3) is 3.83. The summed E-state index contributed by atoms with van der Waals surface area (Å²) in [4.78, 5) is 4.52. The molecular formula is C16H28N2O3. The average Bonchev–Trinajstić information content (AvgIpc) is 2.88. The summed E-state index contributed by atoms with van der Waals surface area (Å²) in [7, 11) is 0. The Hall–Kier alpha value is -0.940. The topological polar surface area (TPSA) is 68.4 Å². The summed E-state index contributed by atoms with van der Waals surface area (Å²) in [5.74, 6) is 1.15. The van der Waals surface area contributed by atoms with Crippen LogP contribution in [0.1, 0.15) is 71.5 Å². The highest BCUT2D eigenvalue weighted by Gasteiger charge is 2.39. The van der Waals surface area contributed by atoms with Gasteiger partial charge in [0.15, 0.2) is 0 Å². The molecule has 1 aromatic rings. The molecule has 5 heteroatoms. The van der Waals surface area contributed by atoms with Crippen molar-refractivity contribution in [3.63, 3.8) is 0 Å². The number of aliphatic hydroxyl groups is 1. The molecule has 21 heavy (non-hydrogen) atoms. The lowest BCUT2D eigenvalue weighted by atomic mass is 9.84. The van der Waals surface area contributed by atoms with Crippen molar-refractivity contribution in [3.05, 3.63) is 11.7 Å². The average molecular weight is 296 g/mol. The zero-order valence-electron chi connectivity index (χ0n) is 13.7. The van der Waals surface area contributed by atoms with E-state index in [4.69, 9.17) is 9.26 Å². The van der Waals surface area contributed by atoms with Gasteiger partial charge in [0.05, 0.1) is 12.5 Å². The van der Waals surface area contributed by atoms with Gasteiger partial charge in [-0.25, -0.2) is 0 Å². The number of aliphatic hydroxyl groups excluding tert-OH is 1. The Morgan fingerprint density at radius 1 is 1.29 bits per heavy atom. The van der Waals surface area contributed by atoms with Gasteiger partial charge in [-0.15, -0.1) is 0 Å². The number of aromatic nitrogens is 2. The Bertz CT molecular complexity index is 439. The molecule has 1 saturated carbocycles. The van der Waals surface area contributed by atoms with Gasteiger partial charge in [-0.05, 0) is 25.2 Å². The van der Waals surface area contributed by atoms with Crippen molar-refractivity contribution in [2.45, 2.75) is 77.9 Å². The number of hydrogen-bond acceptors (Lipinski definition) is 5. The molecule has 1 unspecified atom stereocenters. The van der Waals surface area contributed by atoms with Gasteiger partial charge in [0, 0.05) is 6.61 Å². The number of ether oxygens (including phenoxy) is 1. The molecule has 0 amide bonds. The van der Waals surface area contributed by atoms with Crippen LogP contribution in [0.25, 0.3) is 0 Å². The molecule has 0 aromatic carbocycles. The third-order valence-electron chi connectivity index (χ3n) is 4.33. The van der Waals surface area contributed by atoms with E-state index >= 15 is 0 Å². The lowest BCUT2D eigenvalue weighted by Crippen LogP contribution is -2.34. The Labute approximate surface area is 127 Å². The summed E-state index contributed by atoms with van der Waals surface area (Å²) in [6, 6.07) is 0. The summed E-state index contributed by atoms with van der Waals surface area (Å²) < 4.78 is 11.3. The van der Waals surface area contributed by atoms with Gasteiger partial charge in [-0.2, -0.15) is 4.98 Å². The highest BCUT2D eigenvalue weighted by Crippen LogP contribution is 2.39. The first-order valence-electron chi connectivity index (χ1n) is 8.02. The largest absolute Gasteiger partial charge is 0.392 e. The molecule has 2 rings (SSSR count). The zero-order chi connectivity index (χ0) is 15.5. The maximum absolute atomic E-state index is 10.2. The molecule has 1 fully saturated rings. The van der Waals surface area contributed by atoms with Crippen molar-refractivity contribution in [1.82, 2.24) is 10.1 Å². The van der Waals surface area contributed by atoms with Gasteiger partial charge in [-0.1, -0.05) is 45.2 Å². The molecule has 0 radical (unpaired) electrons. The van der Waals surface area contributed by atoms with Crippen LogP contribution in [0, 0.1) is 5.41 Å². The first kappa shape index (κ1) is 16.4. The van der Waals surface area contributed by atoms with Crippen LogP contribution in [0.4, 0.5) is 0 Å². The Morgan fingerprint density at radius 3 is 2.52 bits per heavy atom. The molecule has 1 atom stereocenters. The minimum atomic E-state index is -0.500. The van der Waals surface area contributed by atoms with E-state index in [1.807, 2.05) is 27.7 Å². The Morgan fingerprint density at radius 2 is 1.95 bits per heavy atom. The van der Waals surface area contributed by atoms with E-state index < -0.39 is 6.10 Å². The van der Waals surface area contributed by atoms with Gasteiger partial charge >= 0.3 is 0 Å². The standard InChI is InChI=1S/C16H28N2O3/c1-5-20-16(9-7-6-8-10-16)14-17-13(21-18-14)11-12(19)15(2,3)4/h12,19H,5-11H2,1-4H3. The van der Waals surface area contributed by atoms with E-state index in [-0.39, 0.29) is 11.0 Å². The molecule has 0 aliphatic heterocycles. The van der Waals surface area contributed by atoms with Crippen LogP contribution >= 0.6 is 0 Å². The van der Waals surface area contributed by atoms with Crippen LogP contribution in [0.2, 0.25) is 0 Å². The van der Waals surface area contributed by atoms with Crippen LogP contribution in [-0.2, 0) is 16.8 Å². The van der Waals surface area contributed by atoms with Crippen molar-refractivity contribution in [3.8, 4) is 0 Å². The normalized spacial score (nSPS) is 20.4. The molecule has 0 saturated heterocycles. The quantitative estimate of drug-likeness (QED) is 0.903. The van der Waals surface area contributed by atoms with Gasteiger partial charge < -0.3 is 14.4 Å². The van der Waals surface area contributed by atoms with Crippen LogP contribution in [0.15, 0.2) is 4.52 Å². The van der Waals surface area contributed by atoms with Gasteiger partial charge in [0.1, 0.15) is 5.60 Å². The lowest BCUT2D eigenvalue weighted by molar-refractivity contribution is -0.0777. The zero-order valence-corrected chi connectivity index (χ0v) is 13.7. The van der Waals surface area contributed by atoms with Crippen molar-refractivity contribution in [2.75, 3.05) is 6.61 Å². The molecule has 5 nitrogen and oxygen atoms in total. The minimum absolute atomic E-state index is 0.197. The van der Waals surface area contributed by atoms with Gasteiger partial charge in [0.25, 0.3) is 0 Å². The summed E-state index contributed by atoms with van der Waals surface area (Å²) in [5.41, 5.74) is -0.585. The van der Waals surface area contributed by atoms with Crippen LogP contribution in [-0.4, -0.2) is 28.0 Å². The molecule has 120 valence electrons. The number of hydrogen-bond donors (Lipinski definition) is 1. The molecular weight excluding hydrogens is 268 g/mol. The fraction of sp³-hybridized carbons (Fsp3) is 0.875. The smallest absolute Gasteiger partial charge is 0.229 e. The predicted molar refractivity (Wildman–Crippen MR) is 79.9 cm³/mol. The number of nitrogens with zero attached hydrogens (tertiary/aromatic N) is 2. The van der Waals surface area contributed by atoms with E-state index in [9.17, 15) is 5.11 Å².